The van der Waals surface area contributed by atoms with Crippen LogP contribution in [0.25, 0.3) is 0 Å². The number of cyclic esters (lactones) is 1. The molecule has 2 N–H and O–H groups in total. The van der Waals surface area contributed by atoms with E-state index < -0.39 is 25.5 Å². The van der Waals surface area contributed by atoms with Crippen molar-refractivity contribution in [1.82, 2.24) is 5.09 Å². The van der Waals surface area contributed by atoms with E-state index in [1.807, 2.05) is 32.9 Å². The lowest BCUT2D eigenvalue weighted by Crippen LogP contribution is -2.35. The molecule has 0 aromatic heterocycles. The molecule has 1 heterocycles. The fraction of sp³-hybridized carbons (Fsp3) is 0.407. The number of rotatable bonds is 11. The summed E-state index contributed by atoms with van der Waals surface area (Å²) in [5.41, 5.74) is 4.26. The Morgan fingerprint density at radius 1 is 1.25 bits per heavy atom. The Bertz CT molecular complexity index is 1210. The predicted molar refractivity (Wildman–Crippen MR) is 138 cm³/mol. The summed E-state index contributed by atoms with van der Waals surface area (Å²) in [4.78, 5) is 24.4. The van der Waals surface area contributed by atoms with Crippen LogP contribution in [0.15, 0.2) is 42.0 Å². The quantitative estimate of drug-likeness (QED) is 0.238. The average Bonchev–Trinajstić information content (AvgIpc) is 3.22. The van der Waals surface area contributed by atoms with Gasteiger partial charge in [0.1, 0.15) is 29.7 Å². The SMILES string of the molecule is CCOC(=O)C(C)NP(=O)(C/C(C)=C/Cc1c(O)c2c(c(C)c1CC)COC2=O)Oc1ccccc1. The number of ether oxygens (including phenoxy) is 2. The van der Waals surface area contributed by atoms with Gasteiger partial charge in [-0.3, -0.25) is 9.36 Å². The predicted octanol–water partition coefficient (Wildman–Crippen LogP) is 5.24. The van der Waals surface area contributed by atoms with Crippen molar-refractivity contribution in [2.45, 2.75) is 60.1 Å². The van der Waals surface area contributed by atoms with Crippen molar-refractivity contribution in [2.24, 2.45) is 0 Å². The van der Waals surface area contributed by atoms with Crippen LogP contribution >= 0.6 is 7.52 Å². The van der Waals surface area contributed by atoms with Crippen LogP contribution in [0, 0.1) is 6.92 Å². The molecular weight excluding hydrogens is 481 g/mol. The highest BCUT2D eigenvalue weighted by atomic mass is 31.2. The Morgan fingerprint density at radius 2 is 1.94 bits per heavy atom. The number of esters is 2. The second-order valence-electron chi connectivity index (χ2n) is 8.81. The number of hydrogen-bond acceptors (Lipinski definition) is 7. The minimum Gasteiger partial charge on any atom is -0.507 e. The van der Waals surface area contributed by atoms with Crippen molar-refractivity contribution in [1.29, 1.82) is 0 Å². The van der Waals surface area contributed by atoms with Crippen molar-refractivity contribution in [3.63, 3.8) is 0 Å². The minimum atomic E-state index is -3.57. The molecule has 2 atom stereocenters. The number of phenols is 1. The van der Waals surface area contributed by atoms with Gasteiger partial charge >= 0.3 is 19.5 Å². The van der Waals surface area contributed by atoms with Crippen LogP contribution < -0.4 is 9.61 Å². The van der Waals surface area contributed by atoms with E-state index in [4.69, 9.17) is 14.0 Å². The number of benzene rings is 2. The van der Waals surface area contributed by atoms with E-state index in [1.165, 1.54) is 0 Å². The first kappa shape index (κ1) is 27.5. The second kappa shape index (κ2) is 11.8. The molecule has 2 unspecified atom stereocenters. The van der Waals surface area contributed by atoms with Gasteiger partial charge in [0.15, 0.2) is 0 Å². The van der Waals surface area contributed by atoms with Crippen molar-refractivity contribution in [3.05, 3.63) is 69.8 Å². The smallest absolute Gasteiger partial charge is 0.342 e. The van der Waals surface area contributed by atoms with E-state index in [0.29, 0.717) is 24.2 Å². The molecule has 36 heavy (non-hydrogen) atoms. The van der Waals surface area contributed by atoms with E-state index in [0.717, 1.165) is 22.3 Å². The van der Waals surface area contributed by atoms with Crippen LogP contribution in [0.3, 0.4) is 0 Å². The number of phenolic OH excluding ortho intramolecular Hbond substituents is 1. The normalized spacial score (nSPS) is 15.6. The number of hydrogen-bond donors (Lipinski definition) is 2. The molecule has 0 amide bonds. The summed E-state index contributed by atoms with van der Waals surface area (Å²) < 4.78 is 29.9. The number of carbonyl (C=O) groups excluding carboxylic acids is 2. The Balaban J connectivity index is 1.88. The molecule has 0 radical (unpaired) electrons. The summed E-state index contributed by atoms with van der Waals surface area (Å²) in [5.74, 6) is -0.685. The molecule has 0 aliphatic carbocycles. The fourth-order valence-corrected chi connectivity index (χ4v) is 6.53. The molecule has 2 aromatic carbocycles. The summed E-state index contributed by atoms with van der Waals surface area (Å²) in [6.45, 7) is 9.41. The van der Waals surface area contributed by atoms with Gasteiger partial charge in [-0.15, -0.1) is 0 Å². The molecular formula is C27H34NO7P. The van der Waals surface area contributed by atoms with Gasteiger partial charge in [-0.2, -0.15) is 0 Å². The summed E-state index contributed by atoms with van der Waals surface area (Å²) in [7, 11) is -3.57. The largest absolute Gasteiger partial charge is 0.507 e. The van der Waals surface area contributed by atoms with Crippen LogP contribution in [0.1, 0.15) is 60.3 Å². The van der Waals surface area contributed by atoms with Crippen molar-refractivity contribution >= 4 is 19.5 Å². The van der Waals surface area contributed by atoms with Crippen LogP contribution in [0.2, 0.25) is 0 Å². The van der Waals surface area contributed by atoms with Gasteiger partial charge in [0, 0.05) is 11.1 Å². The first-order chi connectivity index (χ1) is 17.1. The topological polar surface area (TPSA) is 111 Å². The second-order valence-corrected chi connectivity index (χ2v) is 10.9. The van der Waals surface area contributed by atoms with E-state index in [2.05, 4.69) is 5.09 Å². The molecule has 1 aliphatic heterocycles. The lowest BCUT2D eigenvalue weighted by atomic mass is 9.89. The van der Waals surface area contributed by atoms with Crippen LogP contribution in [-0.4, -0.2) is 35.9 Å². The molecule has 0 spiro atoms. The molecule has 3 rings (SSSR count). The summed E-state index contributed by atoms with van der Waals surface area (Å²) >= 11 is 0. The zero-order chi connectivity index (χ0) is 26.5. The zero-order valence-electron chi connectivity index (χ0n) is 21.4. The molecule has 0 bridgehead atoms. The van der Waals surface area contributed by atoms with Gasteiger partial charge in [-0.05, 0) is 63.8 Å². The molecule has 8 nitrogen and oxygen atoms in total. The standard InChI is InChI=1S/C27H34NO7P/c1-6-21-18(4)23-15-34-27(31)24(23)25(29)22(21)14-13-17(3)16-36(32,28-19(5)26(30)33-7-2)35-20-11-9-8-10-12-20/h8-13,19,29H,6-7,14-16H2,1-5H3,(H,28,32)/b17-13+. The highest BCUT2D eigenvalue weighted by Gasteiger charge is 2.32. The fourth-order valence-electron chi connectivity index (χ4n) is 4.38. The minimum absolute atomic E-state index is 0.0276. The van der Waals surface area contributed by atoms with Gasteiger partial charge in [0.25, 0.3) is 0 Å². The van der Waals surface area contributed by atoms with Crippen LogP contribution in [-0.2, 0) is 38.3 Å². The maximum absolute atomic E-state index is 13.9. The van der Waals surface area contributed by atoms with Crippen LogP contribution in [0.4, 0.5) is 0 Å². The van der Waals surface area contributed by atoms with E-state index >= 15 is 0 Å². The first-order valence-electron chi connectivity index (χ1n) is 12.1. The Morgan fingerprint density at radius 3 is 2.58 bits per heavy atom. The maximum Gasteiger partial charge on any atom is 0.342 e. The van der Waals surface area contributed by atoms with Crippen LogP contribution in [0.5, 0.6) is 11.5 Å². The number of fused-ring (bicyclic) bond motifs is 1. The summed E-state index contributed by atoms with van der Waals surface area (Å²) in [6, 6.07) is 7.92. The van der Waals surface area contributed by atoms with E-state index in [1.54, 1.807) is 38.1 Å². The number of para-hydroxylation sites is 1. The average molecular weight is 516 g/mol. The highest BCUT2D eigenvalue weighted by Crippen LogP contribution is 2.45. The summed E-state index contributed by atoms with van der Waals surface area (Å²) in [6.07, 6.45) is 2.90. The molecule has 0 saturated carbocycles. The molecule has 1 aliphatic rings. The Hall–Kier alpha value is -3.09. The Labute approximate surface area is 212 Å². The van der Waals surface area contributed by atoms with E-state index in [9.17, 15) is 19.3 Å². The van der Waals surface area contributed by atoms with Crippen molar-refractivity contribution in [3.8, 4) is 11.5 Å². The van der Waals surface area contributed by atoms with Gasteiger partial charge in [-0.25, -0.2) is 9.88 Å². The van der Waals surface area contributed by atoms with E-state index in [-0.39, 0.29) is 30.7 Å². The van der Waals surface area contributed by atoms with Gasteiger partial charge in [-0.1, -0.05) is 36.8 Å². The number of allylic oxidation sites excluding steroid dienone is 2. The third kappa shape index (κ3) is 6.18. The van der Waals surface area contributed by atoms with Crippen molar-refractivity contribution < 1.29 is 33.3 Å². The summed E-state index contributed by atoms with van der Waals surface area (Å²) in [5, 5.41) is 13.8. The molecule has 9 heteroatoms. The molecule has 0 saturated heterocycles. The first-order valence-corrected chi connectivity index (χ1v) is 13.9. The third-order valence-corrected chi connectivity index (χ3v) is 8.34. The van der Waals surface area contributed by atoms with Gasteiger partial charge in [0.05, 0.1) is 12.8 Å². The highest BCUT2D eigenvalue weighted by molar-refractivity contribution is 7.57. The molecule has 194 valence electrons. The molecule has 0 fully saturated rings. The number of nitrogens with one attached hydrogen (secondary N) is 1. The Kier molecular flexibility index (Phi) is 8.98. The van der Waals surface area contributed by atoms with Crippen molar-refractivity contribution in [2.75, 3.05) is 12.8 Å². The van der Waals surface area contributed by atoms with Gasteiger partial charge in [0.2, 0.25) is 0 Å². The third-order valence-electron chi connectivity index (χ3n) is 6.14. The maximum atomic E-state index is 13.9. The lowest BCUT2D eigenvalue weighted by Gasteiger charge is -2.24. The number of aromatic hydroxyl groups is 1. The lowest BCUT2D eigenvalue weighted by molar-refractivity contribution is -0.144. The zero-order valence-corrected chi connectivity index (χ0v) is 22.3. The monoisotopic (exact) mass is 515 g/mol. The van der Waals surface area contributed by atoms with Gasteiger partial charge < -0.3 is 19.1 Å². The molecule has 2 aromatic rings. The number of carbonyl (C=O) groups is 2.